The van der Waals surface area contributed by atoms with Crippen LogP contribution in [0.3, 0.4) is 0 Å². The summed E-state index contributed by atoms with van der Waals surface area (Å²) in [4.78, 5) is 25.0. The molecule has 2 atom stereocenters. The van der Waals surface area contributed by atoms with Crippen molar-refractivity contribution in [2.24, 2.45) is 5.92 Å². The summed E-state index contributed by atoms with van der Waals surface area (Å²) in [6, 6.07) is 12.8. The lowest BCUT2D eigenvalue weighted by Crippen LogP contribution is -2.41. The number of carboxylic acid groups (broad SMARTS) is 1. The number of rotatable bonds is 14. The van der Waals surface area contributed by atoms with E-state index < -0.39 is 12.0 Å². The number of amides is 1. The Morgan fingerprint density at radius 1 is 1.14 bits per heavy atom. The predicted molar refractivity (Wildman–Crippen MR) is 150 cm³/mol. The monoisotopic (exact) mass is 527 g/mol. The van der Waals surface area contributed by atoms with E-state index in [9.17, 15) is 14.7 Å². The minimum absolute atomic E-state index is 0.196. The molecule has 1 aliphatic rings. The summed E-state index contributed by atoms with van der Waals surface area (Å²) in [7, 11) is 0. The smallest absolute Gasteiger partial charge is 0.326 e. The van der Waals surface area contributed by atoms with Gasteiger partial charge in [-0.1, -0.05) is 50.1 Å². The van der Waals surface area contributed by atoms with Crippen LogP contribution in [-0.2, 0) is 20.9 Å². The maximum atomic E-state index is 13.3. The van der Waals surface area contributed by atoms with E-state index in [1.165, 1.54) is 0 Å². The van der Waals surface area contributed by atoms with Crippen molar-refractivity contribution in [2.75, 3.05) is 25.2 Å². The molecular weight excluding hydrogens is 486 g/mol. The van der Waals surface area contributed by atoms with Gasteiger partial charge in [-0.15, -0.1) is 0 Å². The Bertz CT molecular complexity index is 1020. The number of carboxylic acids is 1. The minimum Gasteiger partial charge on any atom is -0.480 e. The number of hydrogen-bond acceptors (Lipinski definition) is 5. The third-order valence-electron chi connectivity index (χ3n) is 7.08. The summed E-state index contributed by atoms with van der Waals surface area (Å²) in [6.45, 7) is 6.29. The van der Waals surface area contributed by atoms with Crippen LogP contribution in [0.5, 0.6) is 0 Å². The molecule has 1 amide bonds. The van der Waals surface area contributed by atoms with Gasteiger partial charge in [0.1, 0.15) is 6.04 Å². The summed E-state index contributed by atoms with van der Waals surface area (Å²) >= 11 is 1.56. The number of hydrogen-bond donors (Lipinski definition) is 2. The lowest BCUT2D eigenvalue weighted by atomic mass is 9.90. The van der Waals surface area contributed by atoms with Crippen LogP contribution in [-0.4, -0.2) is 54.4 Å². The van der Waals surface area contributed by atoms with E-state index in [2.05, 4.69) is 12.2 Å². The summed E-state index contributed by atoms with van der Waals surface area (Å²) in [5.41, 5.74) is 4.27. The molecule has 0 aliphatic carbocycles. The zero-order valence-corrected chi connectivity index (χ0v) is 23.1. The highest BCUT2D eigenvalue weighted by Crippen LogP contribution is 2.30. The van der Waals surface area contributed by atoms with Gasteiger partial charge in [-0.25, -0.2) is 4.79 Å². The number of benzene rings is 2. The molecule has 2 aromatic rings. The molecule has 1 unspecified atom stereocenters. The zero-order chi connectivity index (χ0) is 26.6. The number of thioether (sulfide) groups is 1. The molecule has 0 aromatic heterocycles. The number of carbonyl (C=O) groups excluding carboxylic acids is 1. The molecule has 2 aromatic carbocycles. The van der Waals surface area contributed by atoms with E-state index in [0.717, 1.165) is 67.6 Å². The van der Waals surface area contributed by atoms with E-state index in [-0.39, 0.29) is 12.0 Å². The normalized spacial score (nSPS) is 15.8. The summed E-state index contributed by atoms with van der Waals surface area (Å²) in [5.74, 6) is -0.224. The Labute approximate surface area is 225 Å². The van der Waals surface area contributed by atoms with E-state index >= 15 is 0 Å². The Kier molecular flexibility index (Phi) is 12.0. The van der Waals surface area contributed by atoms with Crippen molar-refractivity contribution < 1.29 is 24.2 Å². The molecule has 1 heterocycles. The molecule has 1 aliphatic heterocycles. The fraction of sp³-hybridized carbons (Fsp3) is 0.533. The molecule has 37 heavy (non-hydrogen) atoms. The van der Waals surface area contributed by atoms with Crippen LogP contribution in [0.1, 0.15) is 66.9 Å². The van der Waals surface area contributed by atoms with Crippen LogP contribution < -0.4 is 5.32 Å². The lowest BCUT2D eigenvalue weighted by Gasteiger charge is -2.30. The van der Waals surface area contributed by atoms with Gasteiger partial charge in [0.05, 0.1) is 12.7 Å². The average molecular weight is 528 g/mol. The van der Waals surface area contributed by atoms with Gasteiger partial charge in [0.15, 0.2) is 0 Å². The Hall–Kier alpha value is -2.35. The highest BCUT2D eigenvalue weighted by atomic mass is 32.2. The van der Waals surface area contributed by atoms with Crippen molar-refractivity contribution >= 4 is 23.6 Å². The van der Waals surface area contributed by atoms with Gasteiger partial charge >= 0.3 is 5.97 Å². The largest absolute Gasteiger partial charge is 0.480 e. The molecule has 0 saturated carbocycles. The van der Waals surface area contributed by atoms with Crippen molar-refractivity contribution in [2.45, 2.75) is 71.1 Å². The molecule has 0 bridgehead atoms. The summed E-state index contributed by atoms with van der Waals surface area (Å²) < 4.78 is 12.1. The summed E-state index contributed by atoms with van der Waals surface area (Å²) in [6.07, 6.45) is 7.87. The van der Waals surface area contributed by atoms with Gasteiger partial charge in [0, 0.05) is 18.8 Å². The van der Waals surface area contributed by atoms with Crippen molar-refractivity contribution in [1.29, 1.82) is 0 Å². The molecule has 1 saturated heterocycles. The highest BCUT2D eigenvalue weighted by molar-refractivity contribution is 7.98. The average Bonchev–Trinajstić information content (AvgIpc) is 2.91. The maximum Gasteiger partial charge on any atom is 0.326 e. The second kappa shape index (κ2) is 15.2. The van der Waals surface area contributed by atoms with Crippen LogP contribution >= 0.6 is 11.8 Å². The van der Waals surface area contributed by atoms with Crippen LogP contribution in [0.4, 0.5) is 0 Å². The fourth-order valence-electron chi connectivity index (χ4n) is 4.86. The van der Waals surface area contributed by atoms with Gasteiger partial charge in [0.25, 0.3) is 5.91 Å². The molecule has 1 fully saturated rings. The van der Waals surface area contributed by atoms with E-state index in [4.69, 9.17) is 9.47 Å². The van der Waals surface area contributed by atoms with Crippen LogP contribution in [0.15, 0.2) is 42.5 Å². The Morgan fingerprint density at radius 2 is 1.89 bits per heavy atom. The number of unbranched alkanes of at least 4 members (excludes halogenated alkanes) is 1. The molecule has 0 radical (unpaired) electrons. The first kappa shape index (κ1) is 29.2. The van der Waals surface area contributed by atoms with Crippen molar-refractivity contribution in [3.63, 3.8) is 0 Å². The number of carbonyl (C=O) groups is 2. The number of aliphatic carboxylic acids is 1. The fourth-order valence-corrected chi connectivity index (χ4v) is 5.33. The van der Waals surface area contributed by atoms with E-state index in [1.54, 1.807) is 17.8 Å². The molecule has 7 heteroatoms. The molecule has 3 rings (SSSR count). The Morgan fingerprint density at radius 3 is 2.57 bits per heavy atom. The zero-order valence-electron chi connectivity index (χ0n) is 22.3. The number of aryl methyl sites for hydroxylation is 1. The first-order chi connectivity index (χ1) is 17.9. The van der Waals surface area contributed by atoms with Crippen molar-refractivity contribution in [3.05, 3.63) is 59.2 Å². The first-order valence-corrected chi connectivity index (χ1v) is 14.7. The van der Waals surface area contributed by atoms with Gasteiger partial charge in [-0.05, 0) is 84.9 Å². The van der Waals surface area contributed by atoms with Crippen LogP contribution in [0.25, 0.3) is 11.1 Å². The first-order valence-electron chi connectivity index (χ1n) is 13.4. The second-order valence-corrected chi connectivity index (χ2v) is 10.8. The number of ether oxygens (including phenoxy) is 2. The molecule has 6 nitrogen and oxygen atoms in total. The molecule has 2 N–H and O–H groups in total. The van der Waals surface area contributed by atoms with Crippen LogP contribution in [0.2, 0.25) is 0 Å². The standard InChI is InChI=1S/C30H41NO5S/c1-4-5-10-28(23-13-16-35-17-14-23)36-20-22-11-12-25(26(19-22)24-9-7-6-8-21(24)2)29(32)31-27(30(33)34)15-18-37-3/h6-9,11-12,19,23,27-28H,4-5,10,13-18,20H2,1-3H3,(H,31,32)(H,33,34)/t27-,28?/m0/s1. The topological polar surface area (TPSA) is 84.9 Å². The molecule has 0 spiro atoms. The summed E-state index contributed by atoms with van der Waals surface area (Å²) in [5, 5.41) is 12.4. The highest BCUT2D eigenvalue weighted by Gasteiger charge is 2.25. The van der Waals surface area contributed by atoms with Gasteiger partial charge in [0.2, 0.25) is 0 Å². The van der Waals surface area contributed by atoms with Crippen molar-refractivity contribution in [1.82, 2.24) is 5.32 Å². The molecular formula is C30H41NO5S. The molecule has 202 valence electrons. The third kappa shape index (κ3) is 8.59. The maximum absolute atomic E-state index is 13.3. The lowest BCUT2D eigenvalue weighted by molar-refractivity contribution is -0.139. The van der Waals surface area contributed by atoms with E-state index in [0.29, 0.717) is 30.3 Å². The third-order valence-corrected chi connectivity index (χ3v) is 7.72. The van der Waals surface area contributed by atoms with Crippen molar-refractivity contribution in [3.8, 4) is 11.1 Å². The second-order valence-electron chi connectivity index (χ2n) is 9.78. The van der Waals surface area contributed by atoms with E-state index in [1.807, 2.05) is 49.6 Å². The van der Waals surface area contributed by atoms with Gasteiger partial charge in [-0.2, -0.15) is 11.8 Å². The number of nitrogens with one attached hydrogen (secondary N) is 1. The quantitative estimate of drug-likeness (QED) is 0.309. The minimum atomic E-state index is -1.02. The van der Waals surface area contributed by atoms with Gasteiger partial charge in [-0.3, -0.25) is 4.79 Å². The van der Waals surface area contributed by atoms with Crippen LogP contribution in [0, 0.1) is 12.8 Å². The van der Waals surface area contributed by atoms with Gasteiger partial charge < -0.3 is 19.9 Å². The SMILES string of the molecule is CCCCC(OCc1ccc(C(=O)N[C@@H](CCSC)C(=O)O)c(-c2ccccc2C)c1)C1CCOCC1. The predicted octanol–water partition coefficient (Wildman–Crippen LogP) is 6.10. The Balaban J connectivity index is 1.85.